The Morgan fingerprint density at radius 3 is 2.50 bits per heavy atom. The Kier molecular flexibility index (Phi) is 3.60. The van der Waals surface area contributed by atoms with Crippen molar-refractivity contribution in [2.24, 2.45) is 0 Å². The number of nitrogen functional groups attached to an aromatic ring is 1. The van der Waals surface area contributed by atoms with Crippen LogP contribution in [0.2, 0.25) is 5.15 Å². The van der Waals surface area contributed by atoms with Crippen molar-refractivity contribution >= 4 is 34.5 Å². The van der Waals surface area contributed by atoms with Gasteiger partial charge in [0.2, 0.25) is 0 Å². The second kappa shape index (κ2) is 5.54. The highest BCUT2D eigenvalue weighted by Gasteiger charge is 2.12. The van der Waals surface area contributed by atoms with Crippen LogP contribution in [-0.2, 0) is 0 Å². The standard InChI is InChI=1S/C14H16ClN5/c15-13-12(16)14(18-9-17-13)19-10-3-5-11(6-4-10)20-7-1-2-8-20/h3-6,9H,1-2,7-8,16H2,(H,17,18,19). The van der Waals surface area contributed by atoms with Gasteiger partial charge in [0.05, 0.1) is 0 Å². The summed E-state index contributed by atoms with van der Waals surface area (Å²) in [5, 5.41) is 3.41. The largest absolute Gasteiger partial charge is 0.393 e. The lowest BCUT2D eigenvalue weighted by Gasteiger charge is -2.18. The molecule has 2 heterocycles. The number of nitrogens with two attached hydrogens (primary N) is 1. The lowest BCUT2D eigenvalue weighted by molar-refractivity contribution is 0.949. The summed E-state index contributed by atoms with van der Waals surface area (Å²) in [6.07, 6.45) is 3.94. The maximum atomic E-state index is 5.87. The van der Waals surface area contributed by atoms with Gasteiger partial charge in [0.15, 0.2) is 11.0 Å². The van der Waals surface area contributed by atoms with Crippen LogP contribution in [-0.4, -0.2) is 23.1 Å². The highest BCUT2D eigenvalue weighted by molar-refractivity contribution is 6.32. The lowest BCUT2D eigenvalue weighted by atomic mass is 10.2. The van der Waals surface area contributed by atoms with E-state index in [1.165, 1.54) is 24.9 Å². The summed E-state index contributed by atoms with van der Waals surface area (Å²) < 4.78 is 0. The van der Waals surface area contributed by atoms with Gasteiger partial charge in [-0.1, -0.05) is 11.6 Å². The highest BCUT2D eigenvalue weighted by Crippen LogP contribution is 2.27. The third-order valence-electron chi connectivity index (χ3n) is 3.44. The minimum absolute atomic E-state index is 0.260. The molecule has 2 aromatic rings. The molecule has 1 aromatic carbocycles. The van der Waals surface area contributed by atoms with E-state index in [0.717, 1.165) is 18.8 Å². The lowest BCUT2D eigenvalue weighted by Crippen LogP contribution is -2.17. The zero-order chi connectivity index (χ0) is 13.9. The molecule has 1 fully saturated rings. The van der Waals surface area contributed by atoms with Crippen LogP contribution < -0.4 is 16.0 Å². The van der Waals surface area contributed by atoms with E-state index in [1.54, 1.807) is 0 Å². The topological polar surface area (TPSA) is 67.1 Å². The van der Waals surface area contributed by atoms with Crippen molar-refractivity contribution in [2.45, 2.75) is 12.8 Å². The number of benzene rings is 1. The van der Waals surface area contributed by atoms with Crippen LogP contribution in [0, 0.1) is 0 Å². The molecule has 0 aliphatic carbocycles. The molecule has 1 aliphatic heterocycles. The molecule has 3 rings (SSSR count). The molecule has 3 N–H and O–H groups in total. The van der Waals surface area contributed by atoms with Gasteiger partial charge in [0.25, 0.3) is 0 Å². The van der Waals surface area contributed by atoms with Crippen LogP contribution in [0.15, 0.2) is 30.6 Å². The molecule has 5 nitrogen and oxygen atoms in total. The maximum absolute atomic E-state index is 5.87. The average molecular weight is 290 g/mol. The van der Waals surface area contributed by atoms with Crippen molar-refractivity contribution in [1.82, 2.24) is 9.97 Å². The monoisotopic (exact) mass is 289 g/mol. The molecular weight excluding hydrogens is 274 g/mol. The molecule has 0 bridgehead atoms. The van der Waals surface area contributed by atoms with Crippen molar-refractivity contribution in [1.29, 1.82) is 0 Å². The minimum Gasteiger partial charge on any atom is -0.393 e. The van der Waals surface area contributed by atoms with Crippen LogP contribution in [0.5, 0.6) is 0 Å². The summed E-state index contributed by atoms with van der Waals surface area (Å²) in [5.41, 5.74) is 8.37. The second-order valence-electron chi connectivity index (χ2n) is 4.79. The number of anilines is 4. The molecule has 0 atom stereocenters. The summed E-state index contributed by atoms with van der Waals surface area (Å²) in [7, 11) is 0. The van der Waals surface area contributed by atoms with Crippen LogP contribution in [0.25, 0.3) is 0 Å². The predicted octanol–water partition coefficient (Wildman–Crippen LogP) is 3.06. The van der Waals surface area contributed by atoms with E-state index in [2.05, 4.69) is 32.3 Å². The Bertz CT molecular complexity index is 593. The van der Waals surface area contributed by atoms with Gasteiger partial charge >= 0.3 is 0 Å². The number of halogens is 1. The van der Waals surface area contributed by atoms with Gasteiger partial charge in [-0.3, -0.25) is 0 Å². The first-order chi connectivity index (χ1) is 9.74. The van der Waals surface area contributed by atoms with Gasteiger partial charge in [0, 0.05) is 24.5 Å². The van der Waals surface area contributed by atoms with Crippen LogP contribution in [0.4, 0.5) is 22.9 Å². The molecule has 0 radical (unpaired) electrons. The predicted molar refractivity (Wildman–Crippen MR) is 82.6 cm³/mol. The van der Waals surface area contributed by atoms with E-state index >= 15 is 0 Å². The number of nitrogens with zero attached hydrogens (tertiary/aromatic N) is 3. The Hall–Kier alpha value is -2.01. The Balaban J connectivity index is 1.76. The summed E-state index contributed by atoms with van der Waals surface area (Å²) >= 11 is 5.87. The first kappa shape index (κ1) is 13.0. The fraction of sp³-hybridized carbons (Fsp3) is 0.286. The van der Waals surface area contributed by atoms with Crippen molar-refractivity contribution in [3.05, 3.63) is 35.7 Å². The minimum atomic E-state index is 0.260. The number of hydrogen-bond acceptors (Lipinski definition) is 5. The third-order valence-corrected chi connectivity index (χ3v) is 3.74. The Morgan fingerprint density at radius 1 is 1.10 bits per heavy atom. The van der Waals surface area contributed by atoms with Gasteiger partial charge in [-0.25, -0.2) is 9.97 Å². The van der Waals surface area contributed by atoms with E-state index in [1.807, 2.05) is 12.1 Å². The van der Waals surface area contributed by atoms with E-state index in [4.69, 9.17) is 17.3 Å². The zero-order valence-electron chi connectivity index (χ0n) is 11.0. The van der Waals surface area contributed by atoms with Crippen molar-refractivity contribution in [2.75, 3.05) is 29.0 Å². The van der Waals surface area contributed by atoms with Crippen LogP contribution in [0.3, 0.4) is 0 Å². The maximum Gasteiger partial charge on any atom is 0.158 e. The number of nitrogens with one attached hydrogen (secondary N) is 1. The van der Waals surface area contributed by atoms with Gasteiger partial charge < -0.3 is 16.0 Å². The molecule has 104 valence electrons. The molecule has 0 amide bonds. The first-order valence-electron chi connectivity index (χ1n) is 6.62. The van der Waals surface area contributed by atoms with Gasteiger partial charge in [-0.05, 0) is 37.1 Å². The molecule has 1 aromatic heterocycles. The SMILES string of the molecule is Nc1c(Cl)ncnc1Nc1ccc(N2CCCC2)cc1. The van der Waals surface area contributed by atoms with Crippen LogP contribution in [0.1, 0.15) is 12.8 Å². The number of hydrogen-bond donors (Lipinski definition) is 2. The fourth-order valence-corrected chi connectivity index (χ4v) is 2.47. The first-order valence-corrected chi connectivity index (χ1v) is 7.00. The molecule has 1 saturated heterocycles. The summed E-state index contributed by atoms with van der Waals surface area (Å²) in [4.78, 5) is 10.3. The summed E-state index contributed by atoms with van der Waals surface area (Å²) in [6.45, 7) is 2.28. The fourth-order valence-electron chi connectivity index (χ4n) is 2.34. The van der Waals surface area contributed by atoms with Crippen molar-refractivity contribution in [3.8, 4) is 0 Å². The summed E-state index contributed by atoms with van der Waals surface area (Å²) in [6, 6.07) is 8.24. The molecule has 6 heteroatoms. The molecule has 0 unspecified atom stereocenters. The van der Waals surface area contributed by atoms with Crippen LogP contribution >= 0.6 is 11.6 Å². The number of rotatable bonds is 3. The summed E-state index contributed by atoms with van der Waals surface area (Å²) in [5.74, 6) is 0.527. The second-order valence-corrected chi connectivity index (χ2v) is 5.15. The molecule has 0 spiro atoms. The van der Waals surface area contributed by atoms with Crippen molar-refractivity contribution < 1.29 is 0 Å². The highest BCUT2D eigenvalue weighted by atomic mass is 35.5. The molecule has 20 heavy (non-hydrogen) atoms. The van der Waals surface area contributed by atoms with E-state index in [9.17, 15) is 0 Å². The van der Waals surface area contributed by atoms with E-state index < -0.39 is 0 Å². The Morgan fingerprint density at radius 2 is 1.80 bits per heavy atom. The zero-order valence-corrected chi connectivity index (χ0v) is 11.8. The van der Waals surface area contributed by atoms with Crippen molar-refractivity contribution in [3.63, 3.8) is 0 Å². The van der Waals surface area contributed by atoms with Gasteiger partial charge in [-0.15, -0.1) is 0 Å². The Labute approximate surface area is 122 Å². The van der Waals surface area contributed by atoms with E-state index in [-0.39, 0.29) is 5.15 Å². The van der Waals surface area contributed by atoms with E-state index in [0.29, 0.717) is 11.5 Å². The van der Waals surface area contributed by atoms with Gasteiger partial charge in [0.1, 0.15) is 12.0 Å². The quantitative estimate of drug-likeness (QED) is 0.850. The normalized spacial score (nSPS) is 14.6. The molecule has 0 saturated carbocycles. The smallest absolute Gasteiger partial charge is 0.158 e. The molecule has 1 aliphatic rings. The average Bonchev–Trinajstić information content (AvgIpc) is 2.99. The number of aromatic nitrogens is 2. The van der Waals surface area contributed by atoms with Gasteiger partial charge in [-0.2, -0.15) is 0 Å². The third kappa shape index (κ3) is 2.63. The molecular formula is C14H16ClN5.